The van der Waals surface area contributed by atoms with Crippen LogP contribution in [0.5, 0.6) is 0 Å². The van der Waals surface area contributed by atoms with Crippen LogP contribution in [0, 0.1) is 25.2 Å². The van der Waals surface area contributed by atoms with Crippen molar-refractivity contribution in [3.63, 3.8) is 0 Å². The van der Waals surface area contributed by atoms with E-state index in [1.165, 1.54) is 19.3 Å². The maximum atomic E-state index is 9.10. The number of aromatic nitrogens is 1. The van der Waals surface area contributed by atoms with Gasteiger partial charge in [0.1, 0.15) is 6.07 Å². The average molecular weight is 231 g/mol. The van der Waals surface area contributed by atoms with E-state index in [4.69, 9.17) is 5.26 Å². The average Bonchev–Trinajstić information content (AvgIpc) is 2.28. The minimum absolute atomic E-state index is 0.672. The summed E-state index contributed by atoms with van der Waals surface area (Å²) < 4.78 is 0. The number of aryl methyl sites for hydroxylation is 2. The number of anilines is 1. The normalized spacial score (nSPS) is 10.0. The number of pyridine rings is 1. The van der Waals surface area contributed by atoms with E-state index in [2.05, 4.69) is 23.3 Å². The van der Waals surface area contributed by atoms with Crippen molar-refractivity contribution in [1.82, 2.24) is 4.98 Å². The van der Waals surface area contributed by atoms with Gasteiger partial charge in [-0.2, -0.15) is 5.26 Å². The van der Waals surface area contributed by atoms with Gasteiger partial charge in [0.25, 0.3) is 0 Å². The minimum Gasteiger partial charge on any atom is -0.384 e. The van der Waals surface area contributed by atoms with E-state index in [0.29, 0.717) is 5.56 Å². The molecule has 1 aromatic heterocycles. The summed E-state index contributed by atoms with van der Waals surface area (Å²) in [5, 5.41) is 12.4. The molecular weight excluding hydrogens is 210 g/mol. The number of nitriles is 1. The van der Waals surface area contributed by atoms with E-state index in [1.807, 2.05) is 19.9 Å². The highest BCUT2D eigenvalue weighted by Crippen LogP contribution is 2.18. The molecule has 0 amide bonds. The maximum absolute atomic E-state index is 9.10. The van der Waals surface area contributed by atoms with Crippen LogP contribution in [-0.4, -0.2) is 11.5 Å². The molecule has 0 aliphatic carbocycles. The Labute approximate surface area is 104 Å². The summed E-state index contributed by atoms with van der Waals surface area (Å²) in [6.07, 6.45) is 4.92. The van der Waals surface area contributed by atoms with Crippen molar-refractivity contribution in [2.24, 2.45) is 0 Å². The predicted molar refractivity (Wildman–Crippen MR) is 71.1 cm³/mol. The smallest absolute Gasteiger partial charge is 0.103 e. The molecule has 17 heavy (non-hydrogen) atoms. The fourth-order valence-electron chi connectivity index (χ4n) is 1.88. The van der Waals surface area contributed by atoms with Crippen LogP contribution in [0.4, 0.5) is 5.69 Å². The van der Waals surface area contributed by atoms with Crippen LogP contribution in [0.25, 0.3) is 0 Å². The standard InChI is InChI=1S/C14H21N3/c1-4-5-6-7-8-16-14-9-11(2)17-12(3)13(14)10-15/h9H,4-8H2,1-3H3,(H,16,17). The number of nitrogens with zero attached hydrogens (tertiary/aromatic N) is 2. The molecule has 0 unspecified atom stereocenters. The number of rotatable bonds is 6. The molecule has 1 aromatic rings. The molecular formula is C14H21N3. The lowest BCUT2D eigenvalue weighted by Crippen LogP contribution is -2.05. The molecule has 92 valence electrons. The SMILES string of the molecule is CCCCCCNc1cc(C)nc(C)c1C#N. The summed E-state index contributed by atoms with van der Waals surface area (Å²) in [6.45, 7) is 6.97. The van der Waals surface area contributed by atoms with Crippen molar-refractivity contribution in [3.8, 4) is 6.07 Å². The van der Waals surface area contributed by atoms with Crippen molar-refractivity contribution in [2.75, 3.05) is 11.9 Å². The van der Waals surface area contributed by atoms with Gasteiger partial charge in [0.15, 0.2) is 0 Å². The highest BCUT2D eigenvalue weighted by atomic mass is 14.9. The molecule has 1 N–H and O–H groups in total. The van der Waals surface area contributed by atoms with Gasteiger partial charge in [0.2, 0.25) is 0 Å². The molecule has 0 spiro atoms. The zero-order chi connectivity index (χ0) is 12.7. The fraction of sp³-hybridized carbons (Fsp3) is 0.571. The lowest BCUT2D eigenvalue weighted by molar-refractivity contribution is 0.685. The van der Waals surface area contributed by atoms with Gasteiger partial charge in [0, 0.05) is 12.2 Å². The molecule has 0 bridgehead atoms. The van der Waals surface area contributed by atoms with Gasteiger partial charge in [-0.15, -0.1) is 0 Å². The van der Waals surface area contributed by atoms with Crippen molar-refractivity contribution >= 4 is 5.69 Å². The first-order chi connectivity index (χ1) is 8.19. The van der Waals surface area contributed by atoms with Crippen LogP contribution >= 0.6 is 0 Å². The van der Waals surface area contributed by atoms with Crippen molar-refractivity contribution in [1.29, 1.82) is 5.26 Å². The summed E-state index contributed by atoms with van der Waals surface area (Å²) in [4.78, 5) is 4.30. The predicted octanol–water partition coefficient (Wildman–Crippen LogP) is 3.56. The van der Waals surface area contributed by atoms with Crippen molar-refractivity contribution < 1.29 is 0 Å². The molecule has 0 aliphatic heterocycles. The number of nitrogens with one attached hydrogen (secondary N) is 1. The van der Waals surface area contributed by atoms with Crippen LogP contribution in [0.1, 0.15) is 49.6 Å². The second kappa shape index (κ2) is 6.90. The molecule has 0 saturated carbocycles. The molecule has 0 radical (unpaired) electrons. The number of hydrogen-bond acceptors (Lipinski definition) is 3. The second-order valence-electron chi connectivity index (χ2n) is 4.37. The molecule has 0 aliphatic rings. The van der Waals surface area contributed by atoms with Gasteiger partial charge in [0.05, 0.1) is 16.9 Å². The van der Waals surface area contributed by atoms with Gasteiger partial charge < -0.3 is 5.32 Å². The van der Waals surface area contributed by atoms with Gasteiger partial charge >= 0.3 is 0 Å². The first kappa shape index (κ1) is 13.5. The Kier molecular flexibility index (Phi) is 5.48. The molecule has 0 aromatic carbocycles. The Morgan fingerprint density at radius 3 is 2.71 bits per heavy atom. The second-order valence-corrected chi connectivity index (χ2v) is 4.37. The van der Waals surface area contributed by atoms with Gasteiger partial charge in [-0.25, -0.2) is 0 Å². The highest BCUT2D eigenvalue weighted by Gasteiger charge is 2.06. The third kappa shape index (κ3) is 4.07. The molecule has 3 nitrogen and oxygen atoms in total. The Hall–Kier alpha value is -1.56. The molecule has 1 heterocycles. The van der Waals surface area contributed by atoms with Crippen LogP contribution < -0.4 is 5.32 Å². The Morgan fingerprint density at radius 2 is 2.06 bits per heavy atom. The summed E-state index contributed by atoms with van der Waals surface area (Å²) in [7, 11) is 0. The van der Waals surface area contributed by atoms with Crippen molar-refractivity contribution in [3.05, 3.63) is 23.0 Å². The summed E-state index contributed by atoms with van der Waals surface area (Å²) >= 11 is 0. The van der Waals surface area contributed by atoms with E-state index in [0.717, 1.165) is 30.0 Å². The molecule has 0 saturated heterocycles. The van der Waals surface area contributed by atoms with E-state index in [-0.39, 0.29) is 0 Å². The summed E-state index contributed by atoms with van der Waals surface area (Å²) in [5.74, 6) is 0. The topological polar surface area (TPSA) is 48.7 Å². The third-order valence-electron chi connectivity index (χ3n) is 2.79. The van der Waals surface area contributed by atoms with Crippen LogP contribution in [0.3, 0.4) is 0 Å². The molecule has 1 rings (SSSR count). The lowest BCUT2D eigenvalue weighted by atomic mass is 10.1. The zero-order valence-corrected chi connectivity index (χ0v) is 11.0. The first-order valence-electron chi connectivity index (χ1n) is 6.31. The lowest BCUT2D eigenvalue weighted by Gasteiger charge is -2.10. The van der Waals surface area contributed by atoms with E-state index in [1.54, 1.807) is 0 Å². The number of hydrogen-bond donors (Lipinski definition) is 1. The Morgan fingerprint density at radius 1 is 1.29 bits per heavy atom. The molecule has 0 atom stereocenters. The van der Waals surface area contributed by atoms with Crippen LogP contribution in [0.2, 0.25) is 0 Å². The van der Waals surface area contributed by atoms with Gasteiger partial charge in [-0.1, -0.05) is 26.2 Å². The quantitative estimate of drug-likeness (QED) is 0.761. The van der Waals surface area contributed by atoms with Gasteiger partial charge in [-0.3, -0.25) is 4.98 Å². The Bertz CT molecular complexity index is 405. The third-order valence-corrected chi connectivity index (χ3v) is 2.79. The van der Waals surface area contributed by atoms with Gasteiger partial charge in [-0.05, 0) is 26.3 Å². The Balaban J connectivity index is 2.61. The summed E-state index contributed by atoms with van der Waals surface area (Å²) in [5.41, 5.74) is 3.36. The summed E-state index contributed by atoms with van der Waals surface area (Å²) in [6, 6.07) is 4.17. The first-order valence-corrected chi connectivity index (χ1v) is 6.31. The van der Waals surface area contributed by atoms with Crippen LogP contribution in [-0.2, 0) is 0 Å². The minimum atomic E-state index is 0.672. The number of unbranched alkanes of at least 4 members (excludes halogenated alkanes) is 3. The van der Waals surface area contributed by atoms with E-state index >= 15 is 0 Å². The zero-order valence-electron chi connectivity index (χ0n) is 11.0. The van der Waals surface area contributed by atoms with Crippen LogP contribution in [0.15, 0.2) is 6.07 Å². The molecule has 3 heteroatoms. The van der Waals surface area contributed by atoms with Crippen molar-refractivity contribution in [2.45, 2.75) is 46.5 Å². The fourth-order valence-corrected chi connectivity index (χ4v) is 1.88. The monoisotopic (exact) mass is 231 g/mol. The largest absolute Gasteiger partial charge is 0.384 e. The van der Waals surface area contributed by atoms with E-state index < -0.39 is 0 Å². The van der Waals surface area contributed by atoms with E-state index in [9.17, 15) is 0 Å². The molecule has 0 fully saturated rings. The maximum Gasteiger partial charge on any atom is 0.103 e. The highest BCUT2D eigenvalue weighted by molar-refractivity contribution is 5.59.